The van der Waals surface area contributed by atoms with Crippen LogP contribution < -0.4 is 0 Å². The van der Waals surface area contributed by atoms with Crippen molar-refractivity contribution in [3.05, 3.63) is 24.7 Å². The molecule has 2 unspecified atom stereocenters. The third kappa shape index (κ3) is 9.72. The van der Waals surface area contributed by atoms with Gasteiger partial charge in [0.2, 0.25) is 12.2 Å². The maximum absolute atomic E-state index is 10.1. The molecule has 0 amide bonds. The van der Waals surface area contributed by atoms with Crippen LogP contribution in [0.3, 0.4) is 0 Å². The van der Waals surface area contributed by atoms with E-state index in [4.69, 9.17) is 4.74 Å². The molecule has 0 saturated carbocycles. The minimum atomic E-state index is -0.0345. The molecule has 5 heteroatoms. The highest BCUT2D eigenvalue weighted by Crippen LogP contribution is 2.04. The van der Waals surface area contributed by atoms with Crippen molar-refractivity contribution in [2.75, 3.05) is 0 Å². The van der Waals surface area contributed by atoms with Crippen molar-refractivity contribution in [3.63, 3.8) is 0 Å². The summed E-state index contributed by atoms with van der Waals surface area (Å²) in [6.07, 6.45) is 12.7. The highest BCUT2D eigenvalue weighted by atomic mass is 16.5. The van der Waals surface area contributed by atoms with Crippen molar-refractivity contribution in [2.45, 2.75) is 51.6 Å². The fraction of sp³-hybridized carbons (Fsp3) is 0.571. The highest BCUT2D eigenvalue weighted by molar-refractivity contribution is 5.33. The molecule has 5 nitrogen and oxygen atoms in total. The van der Waals surface area contributed by atoms with Gasteiger partial charge in [-0.3, -0.25) is 0 Å². The molecule has 0 spiro atoms. The predicted octanol–water partition coefficient (Wildman–Crippen LogP) is 3.04. The summed E-state index contributed by atoms with van der Waals surface area (Å²) in [4.78, 5) is 27.5. The molecule has 2 atom stereocenters. The Morgan fingerprint density at radius 3 is 1.68 bits per heavy atom. The van der Waals surface area contributed by atoms with Gasteiger partial charge < -0.3 is 4.74 Å². The van der Waals surface area contributed by atoms with Crippen molar-refractivity contribution < 1.29 is 14.3 Å². The van der Waals surface area contributed by atoms with E-state index in [1.54, 1.807) is 36.8 Å². The van der Waals surface area contributed by atoms with Gasteiger partial charge >= 0.3 is 0 Å². The number of nitrogens with zero attached hydrogens (tertiary/aromatic N) is 2. The smallest absolute Gasteiger partial charge is 0.235 e. The molecule has 0 radical (unpaired) electrons. The molecule has 0 bridgehead atoms. The van der Waals surface area contributed by atoms with E-state index >= 15 is 0 Å². The summed E-state index contributed by atoms with van der Waals surface area (Å²) in [6.45, 7) is 3.91. The molecule has 0 aliphatic heterocycles. The second kappa shape index (κ2) is 12.5. The quantitative estimate of drug-likeness (QED) is 0.346. The van der Waals surface area contributed by atoms with Crippen LogP contribution in [0.15, 0.2) is 34.7 Å². The van der Waals surface area contributed by atoms with Crippen LogP contribution in [0, 0.1) is 0 Å². The van der Waals surface area contributed by atoms with E-state index in [0.29, 0.717) is 12.8 Å². The van der Waals surface area contributed by atoms with Gasteiger partial charge in [-0.1, -0.05) is 13.8 Å². The van der Waals surface area contributed by atoms with Crippen LogP contribution >= 0.6 is 0 Å². The molecule has 0 aliphatic carbocycles. The lowest BCUT2D eigenvalue weighted by Crippen LogP contribution is -1.99. The minimum absolute atomic E-state index is 0.0345. The molecule has 0 saturated heterocycles. The van der Waals surface area contributed by atoms with E-state index in [9.17, 15) is 9.59 Å². The molecule has 19 heavy (non-hydrogen) atoms. The Morgan fingerprint density at radius 1 is 0.947 bits per heavy atom. The molecule has 0 aromatic heterocycles. The van der Waals surface area contributed by atoms with Crippen LogP contribution in [0.5, 0.6) is 0 Å². The van der Waals surface area contributed by atoms with Gasteiger partial charge in [0.15, 0.2) is 0 Å². The number of carbonyl (C=O) groups excluding carboxylic acids is 2. The molecule has 0 heterocycles. The molecule has 0 aromatic rings. The highest BCUT2D eigenvalue weighted by Gasteiger charge is 2.00. The van der Waals surface area contributed by atoms with Gasteiger partial charge in [-0.05, 0) is 37.8 Å². The number of ether oxygens (including phenoxy) is 1. The van der Waals surface area contributed by atoms with Crippen LogP contribution in [0.4, 0.5) is 0 Å². The zero-order valence-corrected chi connectivity index (χ0v) is 11.4. The number of hydrogen-bond acceptors (Lipinski definition) is 5. The minimum Gasteiger partial charge on any atom is -0.473 e. The van der Waals surface area contributed by atoms with E-state index in [1.165, 1.54) is 0 Å². The molecule has 0 rings (SSSR count). The predicted molar refractivity (Wildman–Crippen MR) is 73.0 cm³/mol. The van der Waals surface area contributed by atoms with Crippen molar-refractivity contribution in [1.29, 1.82) is 0 Å². The SMILES string of the molecule is CCC(CC=COC=CCC(CC)N=C=O)N=C=O. The summed E-state index contributed by atoms with van der Waals surface area (Å²) in [6, 6.07) is -0.0690. The second-order valence-corrected chi connectivity index (χ2v) is 3.92. The van der Waals surface area contributed by atoms with Crippen LogP contribution in [0.1, 0.15) is 39.5 Å². The molecular formula is C14H20N2O3. The zero-order chi connectivity index (χ0) is 14.3. The number of rotatable bonds is 10. The lowest BCUT2D eigenvalue weighted by Gasteiger charge is -2.02. The summed E-state index contributed by atoms with van der Waals surface area (Å²) in [7, 11) is 0. The Hall–Kier alpha value is -1.96. The van der Waals surface area contributed by atoms with Gasteiger partial charge in [0, 0.05) is 0 Å². The Kier molecular flexibility index (Phi) is 11.2. The van der Waals surface area contributed by atoms with Crippen molar-refractivity contribution >= 4 is 12.2 Å². The third-order valence-electron chi connectivity index (χ3n) is 2.58. The average molecular weight is 264 g/mol. The van der Waals surface area contributed by atoms with E-state index in [0.717, 1.165) is 12.8 Å². The number of aliphatic imine (C=N–C) groups is 2. The summed E-state index contributed by atoms with van der Waals surface area (Å²) >= 11 is 0. The third-order valence-corrected chi connectivity index (χ3v) is 2.58. The van der Waals surface area contributed by atoms with Crippen LogP contribution in [-0.4, -0.2) is 24.2 Å². The fourth-order valence-corrected chi connectivity index (χ4v) is 1.35. The Balaban J connectivity index is 3.89. The first kappa shape index (κ1) is 17.0. The van der Waals surface area contributed by atoms with Gasteiger partial charge in [0.25, 0.3) is 0 Å². The van der Waals surface area contributed by atoms with Crippen molar-refractivity contribution in [3.8, 4) is 0 Å². The lowest BCUT2D eigenvalue weighted by molar-refractivity contribution is 0.396. The maximum Gasteiger partial charge on any atom is 0.235 e. The average Bonchev–Trinajstić information content (AvgIpc) is 2.43. The number of isocyanates is 2. The Labute approximate surface area is 113 Å². The molecule has 0 aromatic carbocycles. The van der Waals surface area contributed by atoms with Gasteiger partial charge in [-0.2, -0.15) is 0 Å². The zero-order valence-electron chi connectivity index (χ0n) is 11.4. The van der Waals surface area contributed by atoms with Crippen LogP contribution in [0.2, 0.25) is 0 Å². The van der Waals surface area contributed by atoms with Gasteiger partial charge in [-0.15, -0.1) is 0 Å². The van der Waals surface area contributed by atoms with E-state index < -0.39 is 0 Å². The van der Waals surface area contributed by atoms with E-state index in [-0.39, 0.29) is 12.1 Å². The molecule has 0 N–H and O–H groups in total. The second-order valence-electron chi connectivity index (χ2n) is 3.92. The summed E-state index contributed by atoms with van der Waals surface area (Å²) < 4.78 is 5.14. The standard InChI is InChI=1S/C14H20N2O3/c1-3-13(15-11-17)7-5-9-19-10-6-8-14(4-2)16-12-18/h5-6,9-10,13-14H,3-4,7-8H2,1-2H3. The summed E-state index contributed by atoms with van der Waals surface area (Å²) in [5, 5.41) is 0. The Morgan fingerprint density at radius 2 is 1.37 bits per heavy atom. The largest absolute Gasteiger partial charge is 0.473 e. The van der Waals surface area contributed by atoms with Gasteiger partial charge in [-0.25, -0.2) is 19.6 Å². The molecule has 0 aliphatic rings. The molecule has 0 fully saturated rings. The van der Waals surface area contributed by atoms with E-state index in [2.05, 4.69) is 9.98 Å². The first-order valence-corrected chi connectivity index (χ1v) is 6.37. The van der Waals surface area contributed by atoms with Crippen LogP contribution in [-0.2, 0) is 14.3 Å². The summed E-state index contributed by atoms with van der Waals surface area (Å²) in [5.41, 5.74) is 0. The van der Waals surface area contributed by atoms with Crippen molar-refractivity contribution in [1.82, 2.24) is 0 Å². The van der Waals surface area contributed by atoms with E-state index in [1.807, 2.05) is 13.8 Å². The molecule has 104 valence electrons. The topological polar surface area (TPSA) is 68.1 Å². The summed E-state index contributed by atoms with van der Waals surface area (Å²) in [5.74, 6) is 0. The lowest BCUT2D eigenvalue weighted by atomic mass is 10.2. The first-order valence-electron chi connectivity index (χ1n) is 6.37. The van der Waals surface area contributed by atoms with Gasteiger partial charge in [0.05, 0.1) is 24.6 Å². The normalized spacial score (nSPS) is 13.8. The number of hydrogen-bond donors (Lipinski definition) is 0. The van der Waals surface area contributed by atoms with Crippen LogP contribution in [0.25, 0.3) is 0 Å². The van der Waals surface area contributed by atoms with Crippen molar-refractivity contribution in [2.24, 2.45) is 9.98 Å². The molecular weight excluding hydrogens is 244 g/mol. The first-order chi connectivity index (χ1) is 9.28. The Bertz CT molecular complexity index is 342. The fourth-order valence-electron chi connectivity index (χ4n) is 1.35. The monoisotopic (exact) mass is 264 g/mol. The maximum atomic E-state index is 10.1. The van der Waals surface area contributed by atoms with Gasteiger partial charge in [0.1, 0.15) is 0 Å².